The summed E-state index contributed by atoms with van der Waals surface area (Å²) in [6.45, 7) is 7.00. The van der Waals surface area contributed by atoms with E-state index < -0.39 is 23.7 Å². The van der Waals surface area contributed by atoms with Crippen molar-refractivity contribution in [2.24, 2.45) is 0 Å². The topological polar surface area (TPSA) is 65.1 Å². The van der Waals surface area contributed by atoms with Crippen LogP contribution in [0, 0.1) is 5.82 Å². The molecule has 0 N–H and O–H groups in total. The van der Waals surface area contributed by atoms with Crippen LogP contribution >= 0.6 is 0 Å². The molecule has 0 heterocycles. The van der Waals surface area contributed by atoms with Gasteiger partial charge in [-0.15, -0.1) is 0 Å². The van der Waals surface area contributed by atoms with E-state index in [1.54, 1.807) is 58.2 Å². The largest absolute Gasteiger partial charge is 0.494 e. The van der Waals surface area contributed by atoms with Crippen molar-refractivity contribution in [2.45, 2.75) is 45.8 Å². The lowest BCUT2D eigenvalue weighted by molar-refractivity contribution is -0.131. The molecule has 1 unspecified atom stereocenters. The van der Waals surface area contributed by atoms with Gasteiger partial charge in [0.25, 0.3) is 0 Å². The Labute approximate surface area is 176 Å². The average Bonchev–Trinajstić information content (AvgIpc) is 2.64. The Morgan fingerprint density at radius 1 is 1.07 bits per heavy atom. The fourth-order valence-electron chi connectivity index (χ4n) is 2.82. The van der Waals surface area contributed by atoms with E-state index in [9.17, 15) is 14.0 Å². The summed E-state index contributed by atoms with van der Waals surface area (Å²) in [5.74, 6) is 0.154. The van der Waals surface area contributed by atoms with E-state index in [1.807, 2.05) is 6.07 Å². The molecule has 2 aromatic rings. The third kappa shape index (κ3) is 7.39. The van der Waals surface area contributed by atoms with Crippen molar-refractivity contribution in [3.8, 4) is 11.5 Å². The predicted molar refractivity (Wildman–Crippen MR) is 111 cm³/mol. The van der Waals surface area contributed by atoms with Gasteiger partial charge in [-0.3, -0.25) is 4.79 Å². The lowest BCUT2D eigenvalue weighted by Crippen LogP contribution is -2.37. The van der Waals surface area contributed by atoms with Crippen LogP contribution in [0.3, 0.4) is 0 Å². The molecule has 7 heteroatoms. The maximum absolute atomic E-state index is 13.1. The summed E-state index contributed by atoms with van der Waals surface area (Å²) in [4.78, 5) is 25.4. The maximum Gasteiger partial charge on any atom is 0.410 e. The smallest absolute Gasteiger partial charge is 0.410 e. The summed E-state index contributed by atoms with van der Waals surface area (Å²) in [6.07, 6.45) is -0.0384. The van der Waals surface area contributed by atoms with Gasteiger partial charge in [0, 0.05) is 20.4 Å². The van der Waals surface area contributed by atoms with Crippen molar-refractivity contribution < 1.29 is 28.2 Å². The standard InChI is InChI=1S/C23H28FNO5/c1-16(26)29-20-8-6-7-17(15-20)21(25(5)22(27)30-23(2,3)4)13-14-28-19-11-9-18(24)10-12-19/h6-12,15,21H,13-14H2,1-5H3. The number of hydrogen-bond donors (Lipinski definition) is 0. The van der Waals surface area contributed by atoms with Crippen molar-refractivity contribution in [1.82, 2.24) is 4.90 Å². The monoisotopic (exact) mass is 417 g/mol. The SMILES string of the molecule is CC(=O)Oc1cccc(C(CCOc2ccc(F)cc2)N(C)C(=O)OC(C)(C)C)c1. The van der Waals surface area contributed by atoms with Crippen LogP contribution in [-0.4, -0.2) is 36.2 Å². The first-order chi connectivity index (χ1) is 14.0. The molecule has 1 amide bonds. The molecule has 162 valence electrons. The van der Waals surface area contributed by atoms with Gasteiger partial charge in [0.15, 0.2) is 0 Å². The van der Waals surface area contributed by atoms with Crippen molar-refractivity contribution in [3.05, 3.63) is 59.9 Å². The lowest BCUT2D eigenvalue weighted by atomic mass is 10.0. The molecule has 0 fully saturated rings. The van der Waals surface area contributed by atoms with Crippen LogP contribution in [0.2, 0.25) is 0 Å². The Morgan fingerprint density at radius 3 is 2.33 bits per heavy atom. The van der Waals surface area contributed by atoms with Crippen molar-refractivity contribution in [3.63, 3.8) is 0 Å². The van der Waals surface area contributed by atoms with Crippen LogP contribution < -0.4 is 9.47 Å². The second-order valence-electron chi connectivity index (χ2n) is 7.86. The molecule has 30 heavy (non-hydrogen) atoms. The van der Waals surface area contributed by atoms with Crippen molar-refractivity contribution >= 4 is 12.1 Å². The minimum Gasteiger partial charge on any atom is -0.494 e. The molecule has 1 atom stereocenters. The Hall–Kier alpha value is -3.09. The summed E-state index contributed by atoms with van der Waals surface area (Å²) < 4.78 is 29.4. The van der Waals surface area contributed by atoms with Gasteiger partial charge in [-0.2, -0.15) is 0 Å². The molecule has 0 saturated heterocycles. The average molecular weight is 417 g/mol. The van der Waals surface area contributed by atoms with Gasteiger partial charge in [-0.25, -0.2) is 9.18 Å². The van der Waals surface area contributed by atoms with Crippen LogP contribution in [0.1, 0.15) is 45.7 Å². The molecule has 0 spiro atoms. The Balaban J connectivity index is 2.19. The van der Waals surface area contributed by atoms with Crippen molar-refractivity contribution in [2.75, 3.05) is 13.7 Å². The highest BCUT2D eigenvalue weighted by molar-refractivity contribution is 5.70. The number of nitrogens with zero attached hydrogens (tertiary/aromatic N) is 1. The second kappa shape index (κ2) is 10.1. The third-order valence-corrected chi connectivity index (χ3v) is 4.13. The number of hydrogen-bond acceptors (Lipinski definition) is 5. The molecule has 2 aromatic carbocycles. The van der Waals surface area contributed by atoms with Gasteiger partial charge in [0.05, 0.1) is 12.6 Å². The number of carbonyl (C=O) groups excluding carboxylic acids is 2. The quantitative estimate of drug-likeness (QED) is 0.462. The van der Waals surface area contributed by atoms with Crippen LogP contribution in [0.15, 0.2) is 48.5 Å². The Kier molecular flexibility index (Phi) is 7.80. The summed E-state index contributed by atoms with van der Waals surface area (Å²) in [7, 11) is 1.65. The van der Waals surface area contributed by atoms with E-state index in [4.69, 9.17) is 14.2 Å². The molecule has 0 saturated carbocycles. The third-order valence-electron chi connectivity index (χ3n) is 4.13. The number of rotatable bonds is 7. The van der Waals surface area contributed by atoms with Gasteiger partial charge in [-0.05, 0) is 62.7 Å². The molecule has 0 aromatic heterocycles. The first-order valence-electron chi connectivity index (χ1n) is 9.68. The number of ether oxygens (including phenoxy) is 3. The number of halogens is 1. The molecule has 0 aliphatic heterocycles. The first-order valence-corrected chi connectivity index (χ1v) is 9.68. The summed E-state index contributed by atoms with van der Waals surface area (Å²) >= 11 is 0. The summed E-state index contributed by atoms with van der Waals surface area (Å²) in [5.41, 5.74) is 0.130. The fourth-order valence-corrected chi connectivity index (χ4v) is 2.82. The zero-order valence-corrected chi connectivity index (χ0v) is 18.0. The highest BCUT2D eigenvalue weighted by atomic mass is 19.1. The fraction of sp³-hybridized carbons (Fsp3) is 0.391. The zero-order chi connectivity index (χ0) is 22.3. The minimum absolute atomic E-state index is 0.279. The number of amides is 1. The van der Waals surface area contributed by atoms with Gasteiger partial charge < -0.3 is 19.1 Å². The van der Waals surface area contributed by atoms with Crippen molar-refractivity contribution in [1.29, 1.82) is 0 Å². The second-order valence-corrected chi connectivity index (χ2v) is 7.86. The molecule has 0 radical (unpaired) electrons. The first kappa shape index (κ1) is 23.2. The van der Waals surface area contributed by atoms with E-state index in [0.29, 0.717) is 17.9 Å². The van der Waals surface area contributed by atoms with Crippen LogP contribution in [0.25, 0.3) is 0 Å². The number of benzene rings is 2. The van der Waals surface area contributed by atoms with E-state index in [0.717, 1.165) is 5.56 Å². The molecule has 0 aliphatic carbocycles. The molecule has 2 rings (SSSR count). The van der Waals surface area contributed by atoms with Gasteiger partial charge in [0.1, 0.15) is 22.9 Å². The lowest BCUT2D eigenvalue weighted by Gasteiger charge is -2.31. The van der Waals surface area contributed by atoms with Gasteiger partial charge in [0.2, 0.25) is 0 Å². The van der Waals surface area contributed by atoms with E-state index in [1.165, 1.54) is 24.0 Å². The van der Waals surface area contributed by atoms with E-state index in [2.05, 4.69) is 0 Å². The molecular formula is C23H28FNO5. The molecule has 6 nitrogen and oxygen atoms in total. The normalized spacial score (nSPS) is 12.1. The predicted octanol–water partition coefficient (Wildman–Crippen LogP) is 5.13. The van der Waals surface area contributed by atoms with E-state index in [-0.39, 0.29) is 12.4 Å². The number of carbonyl (C=O) groups is 2. The molecule has 0 bridgehead atoms. The number of esters is 1. The van der Waals surface area contributed by atoms with Crippen LogP contribution in [0.4, 0.5) is 9.18 Å². The highest BCUT2D eigenvalue weighted by Crippen LogP contribution is 2.28. The zero-order valence-electron chi connectivity index (χ0n) is 18.0. The van der Waals surface area contributed by atoms with Gasteiger partial charge >= 0.3 is 12.1 Å². The minimum atomic E-state index is -0.639. The van der Waals surface area contributed by atoms with Gasteiger partial charge in [-0.1, -0.05) is 12.1 Å². The Morgan fingerprint density at radius 2 is 1.73 bits per heavy atom. The van der Waals surface area contributed by atoms with Crippen LogP contribution in [-0.2, 0) is 9.53 Å². The summed E-state index contributed by atoms with van der Waals surface area (Å²) in [5, 5.41) is 0. The van der Waals surface area contributed by atoms with E-state index >= 15 is 0 Å². The Bertz CT molecular complexity index is 861. The molecule has 0 aliphatic rings. The molecular weight excluding hydrogens is 389 g/mol. The maximum atomic E-state index is 13.1. The van der Waals surface area contributed by atoms with Crippen LogP contribution in [0.5, 0.6) is 11.5 Å². The summed E-state index contributed by atoms with van der Waals surface area (Å²) in [6, 6.07) is 12.3. The highest BCUT2D eigenvalue weighted by Gasteiger charge is 2.27.